The number of hydrogen-bond acceptors (Lipinski definition) is 2. The van der Waals surface area contributed by atoms with Crippen LogP contribution in [0.2, 0.25) is 0 Å². The predicted molar refractivity (Wildman–Crippen MR) is 112 cm³/mol. The summed E-state index contributed by atoms with van der Waals surface area (Å²) in [4.78, 5) is 4.45. The molecule has 24 heavy (non-hydrogen) atoms. The number of aliphatic imine (C=N–C) groups is 1. The van der Waals surface area contributed by atoms with E-state index < -0.39 is 0 Å². The number of nitrogens with zero attached hydrogens (tertiary/aromatic N) is 1. The number of rotatable bonds is 6. The molecule has 0 fully saturated rings. The maximum atomic E-state index is 9.72. The first kappa shape index (κ1) is 20.4. The molecule has 0 saturated heterocycles. The van der Waals surface area contributed by atoms with E-state index in [1.165, 1.54) is 11.1 Å². The second-order valence-electron chi connectivity index (χ2n) is 5.91. The van der Waals surface area contributed by atoms with Gasteiger partial charge in [-0.05, 0) is 43.5 Å². The van der Waals surface area contributed by atoms with E-state index in [0.29, 0.717) is 18.9 Å². The molecule has 130 valence electrons. The molecule has 0 heterocycles. The van der Waals surface area contributed by atoms with Gasteiger partial charge in [0.15, 0.2) is 5.96 Å². The first-order valence-electron chi connectivity index (χ1n) is 7.91. The van der Waals surface area contributed by atoms with Gasteiger partial charge in [0.1, 0.15) is 0 Å². The number of hydrogen-bond donors (Lipinski definition) is 3. The van der Waals surface area contributed by atoms with Gasteiger partial charge in [0.25, 0.3) is 0 Å². The van der Waals surface area contributed by atoms with Crippen LogP contribution in [-0.4, -0.2) is 23.7 Å². The largest absolute Gasteiger partial charge is 0.393 e. The van der Waals surface area contributed by atoms with Crippen LogP contribution in [0.3, 0.4) is 0 Å². The van der Waals surface area contributed by atoms with E-state index in [-0.39, 0.29) is 36.0 Å². The lowest BCUT2D eigenvalue weighted by Crippen LogP contribution is -2.24. The number of anilines is 1. The zero-order chi connectivity index (χ0) is 16.7. The van der Waals surface area contributed by atoms with Gasteiger partial charge in [0.05, 0.1) is 6.10 Å². The van der Waals surface area contributed by atoms with Gasteiger partial charge in [0, 0.05) is 18.2 Å². The number of guanidine groups is 1. The van der Waals surface area contributed by atoms with Gasteiger partial charge < -0.3 is 16.2 Å². The van der Waals surface area contributed by atoms with Crippen molar-refractivity contribution in [2.45, 2.75) is 32.3 Å². The summed E-state index contributed by atoms with van der Waals surface area (Å²) in [6.07, 6.45) is 0.284. The van der Waals surface area contributed by atoms with Gasteiger partial charge in [-0.15, -0.1) is 24.0 Å². The standard InChI is InChI=1S/C19H25N3O.HI/c1-14-7-6-10-18(11-14)22-19(20)21-13-17(12-15(2)23)16-8-4-3-5-9-16;/h3-11,15,17,23H,12-13H2,1-2H3,(H3,20,21,22);1H. The molecule has 2 rings (SSSR count). The van der Waals surface area contributed by atoms with Crippen molar-refractivity contribution < 1.29 is 5.11 Å². The molecule has 0 aliphatic carbocycles. The van der Waals surface area contributed by atoms with Crippen molar-refractivity contribution in [2.24, 2.45) is 10.7 Å². The van der Waals surface area contributed by atoms with Gasteiger partial charge in [-0.3, -0.25) is 4.99 Å². The van der Waals surface area contributed by atoms with Gasteiger partial charge >= 0.3 is 0 Å². The number of halogens is 1. The summed E-state index contributed by atoms with van der Waals surface area (Å²) >= 11 is 0. The Hall–Kier alpha value is -1.60. The molecule has 4 nitrogen and oxygen atoms in total. The number of nitrogens with two attached hydrogens (primary N) is 1. The highest BCUT2D eigenvalue weighted by atomic mass is 127. The van der Waals surface area contributed by atoms with Crippen LogP contribution in [0.25, 0.3) is 0 Å². The lowest BCUT2D eigenvalue weighted by Gasteiger charge is -2.17. The van der Waals surface area contributed by atoms with E-state index in [2.05, 4.69) is 22.4 Å². The summed E-state index contributed by atoms with van der Waals surface area (Å²) < 4.78 is 0. The zero-order valence-electron chi connectivity index (χ0n) is 14.1. The van der Waals surface area contributed by atoms with Crippen molar-refractivity contribution in [3.05, 3.63) is 65.7 Å². The number of aryl methyl sites for hydroxylation is 1. The second kappa shape index (κ2) is 10.3. The molecule has 0 aliphatic rings. The monoisotopic (exact) mass is 439 g/mol. The molecule has 0 spiro atoms. The molecule has 0 aliphatic heterocycles. The smallest absolute Gasteiger partial charge is 0.193 e. The van der Waals surface area contributed by atoms with Gasteiger partial charge in [-0.2, -0.15) is 0 Å². The average molecular weight is 439 g/mol. The molecule has 4 N–H and O–H groups in total. The summed E-state index contributed by atoms with van der Waals surface area (Å²) in [5, 5.41) is 12.8. The molecule has 2 unspecified atom stereocenters. The Bertz CT molecular complexity index is 644. The minimum Gasteiger partial charge on any atom is -0.393 e. The highest BCUT2D eigenvalue weighted by Crippen LogP contribution is 2.21. The summed E-state index contributed by atoms with van der Waals surface area (Å²) in [6, 6.07) is 18.1. The molecular formula is C19H26IN3O. The van der Waals surface area contributed by atoms with E-state index >= 15 is 0 Å². The number of aliphatic hydroxyl groups is 1. The molecular weight excluding hydrogens is 413 g/mol. The molecule has 0 amide bonds. The third-order valence-corrected chi connectivity index (χ3v) is 3.67. The van der Waals surface area contributed by atoms with Gasteiger partial charge in [-0.1, -0.05) is 42.5 Å². The number of aliphatic hydroxyl groups excluding tert-OH is 1. The minimum absolute atomic E-state index is 0. The van der Waals surface area contributed by atoms with E-state index in [4.69, 9.17) is 5.73 Å². The molecule has 2 aromatic carbocycles. The third-order valence-electron chi connectivity index (χ3n) is 3.67. The summed E-state index contributed by atoms with van der Waals surface area (Å²) in [5.74, 6) is 0.538. The van der Waals surface area contributed by atoms with Crippen LogP contribution >= 0.6 is 24.0 Å². The molecule has 0 bridgehead atoms. The van der Waals surface area contributed by atoms with Crippen molar-refractivity contribution >= 4 is 35.6 Å². The topological polar surface area (TPSA) is 70.6 Å². The van der Waals surface area contributed by atoms with Crippen molar-refractivity contribution in [1.29, 1.82) is 0 Å². The minimum atomic E-state index is -0.374. The molecule has 0 saturated carbocycles. The van der Waals surface area contributed by atoms with E-state index in [1.54, 1.807) is 6.92 Å². The van der Waals surface area contributed by atoms with Crippen LogP contribution < -0.4 is 11.1 Å². The Balaban J connectivity index is 0.00000288. The summed E-state index contributed by atoms with van der Waals surface area (Å²) in [7, 11) is 0. The van der Waals surface area contributed by atoms with Crippen molar-refractivity contribution in [2.75, 3.05) is 11.9 Å². The van der Waals surface area contributed by atoms with Gasteiger partial charge in [-0.25, -0.2) is 0 Å². The number of benzene rings is 2. The SMILES string of the molecule is Cc1cccc(NC(N)=NCC(CC(C)O)c2ccccc2)c1.I. The van der Waals surface area contributed by atoms with Crippen LogP contribution in [0, 0.1) is 6.92 Å². The lowest BCUT2D eigenvalue weighted by molar-refractivity contribution is 0.175. The van der Waals surface area contributed by atoms with Crippen molar-refractivity contribution in [3.63, 3.8) is 0 Å². The Kier molecular flexibility index (Phi) is 8.78. The highest BCUT2D eigenvalue weighted by molar-refractivity contribution is 14.0. The average Bonchev–Trinajstić information content (AvgIpc) is 2.52. The molecule has 0 aromatic heterocycles. The second-order valence-corrected chi connectivity index (χ2v) is 5.91. The number of nitrogens with one attached hydrogen (secondary N) is 1. The van der Waals surface area contributed by atoms with E-state index in [0.717, 1.165) is 5.69 Å². The Morgan fingerprint density at radius 3 is 2.50 bits per heavy atom. The first-order valence-corrected chi connectivity index (χ1v) is 7.91. The quantitative estimate of drug-likeness (QED) is 0.363. The molecule has 0 radical (unpaired) electrons. The van der Waals surface area contributed by atoms with Crippen LogP contribution in [0.4, 0.5) is 5.69 Å². The normalized spacial score (nSPS) is 13.7. The zero-order valence-corrected chi connectivity index (χ0v) is 16.5. The van der Waals surface area contributed by atoms with Crippen molar-refractivity contribution in [3.8, 4) is 0 Å². The molecule has 2 aromatic rings. The van der Waals surface area contributed by atoms with Crippen LogP contribution in [0.15, 0.2) is 59.6 Å². The third kappa shape index (κ3) is 6.88. The van der Waals surface area contributed by atoms with E-state index in [9.17, 15) is 5.11 Å². The van der Waals surface area contributed by atoms with Crippen LogP contribution in [0.1, 0.15) is 30.4 Å². The maximum Gasteiger partial charge on any atom is 0.193 e. The fraction of sp³-hybridized carbons (Fsp3) is 0.316. The highest BCUT2D eigenvalue weighted by Gasteiger charge is 2.13. The summed E-state index contributed by atoms with van der Waals surface area (Å²) in [5.41, 5.74) is 9.25. The lowest BCUT2D eigenvalue weighted by atomic mass is 9.93. The summed E-state index contributed by atoms with van der Waals surface area (Å²) in [6.45, 7) is 4.38. The Morgan fingerprint density at radius 1 is 1.17 bits per heavy atom. The maximum absolute atomic E-state index is 9.72. The van der Waals surface area contributed by atoms with Crippen molar-refractivity contribution in [1.82, 2.24) is 0 Å². The Labute approximate surface area is 161 Å². The fourth-order valence-corrected chi connectivity index (χ4v) is 2.57. The Morgan fingerprint density at radius 2 is 1.88 bits per heavy atom. The molecule has 5 heteroatoms. The van der Waals surface area contributed by atoms with Crippen LogP contribution in [-0.2, 0) is 0 Å². The van der Waals surface area contributed by atoms with Gasteiger partial charge in [0.2, 0.25) is 0 Å². The van der Waals surface area contributed by atoms with E-state index in [1.807, 2.05) is 49.4 Å². The first-order chi connectivity index (χ1) is 11.0. The fourth-order valence-electron chi connectivity index (χ4n) is 2.57. The van der Waals surface area contributed by atoms with Crippen LogP contribution in [0.5, 0.6) is 0 Å². The predicted octanol–water partition coefficient (Wildman–Crippen LogP) is 3.89. The molecule has 2 atom stereocenters.